The van der Waals surface area contributed by atoms with Gasteiger partial charge in [-0.25, -0.2) is 4.39 Å². The van der Waals surface area contributed by atoms with Crippen molar-refractivity contribution < 1.29 is 28.9 Å². The van der Waals surface area contributed by atoms with Crippen LogP contribution in [-0.4, -0.2) is 18.0 Å². The van der Waals surface area contributed by atoms with Gasteiger partial charge < -0.3 is 14.4 Å². The monoisotopic (exact) mass is 945 g/mol. The van der Waals surface area contributed by atoms with Gasteiger partial charge in [-0.2, -0.15) is 0 Å². The van der Waals surface area contributed by atoms with E-state index in [0.717, 1.165) is 57.3 Å². The molecule has 0 N–H and O–H groups in total. The van der Waals surface area contributed by atoms with Crippen LogP contribution < -0.4 is 5.19 Å². The molecule has 6 heteroatoms. The molecule has 8 rings (SSSR count). The molecule has 0 fully saturated rings. The van der Waals surface area contributed by atoms with Crippen LogP contribution in [0.1, 0.15) is 48.6 Å². The first kappa shape index (κ1) is 41.6. The van der Waals surface area contributed by atoms with E-state index in [2.05, 4.69) is 156 Å². The van der Waals surface area contributed by atoms with Crippen molar-refractivity contribution in [3.63, 3.8) is 0 Å². The van der Waals surface area contributed by atoms with Crippen molar-refractivity contribution in [3.8, 4) is 33.6 Å². The molecule has 3 nitrogen and oxygen atoms in total. The van der Waals surface area contributed by atoms with Crippen LogP contribution in [0.25, 0.3) is 55.6 Å². The summed E-state index contributed by atoms with van der Waals surface area (Å²) in [4.78, 5) is 9.19. The fraction of sp³-hybridized carbons (Fsp3) is 0.216. The first-order valence-electron chi connectivity index (χ1n) is 19.3. The summed E-state index contributed by atoms with van der Waals surface area (Å²) in [7, 11) is -1.36. The number of aryl methyl sites for hydroxylation is 2. The van der Waals surface area contributed by atoms with E-state index in [1.807, 2.05) is 24.5 Å². The van der Waals surface area contributed by atoms with Crippen molar-refractivity contribution in [2.24, 2.45) is 5.41 Å². The molecule has 0 amide bonds. The molecule has 0 aliphatic heterocycles. The molecular formula is C51H49FIrN2OSi-2. The topological polar surface area (TPSA) is 38.9 Å². The number of hydrogen-bond donors (Lipinski definition) is 0. The molecule has 0 spiro atoms. The number of aromatic nitrogens is 2. The fourth-order valence-electron chi connectivity index (χ4n) is 7.29. The fourth-order valence-corrected chi connectivity index (χ4v) is 9.00. The number of benzene rings is 5. The Hall–Kier alpha value is -5.00. The maximum atomic E-state index is 13.2. The third kappa shape index (κ3) is 10.1. The van der Waals surface area contributed by atoms with E-state index in [1.54, 1.807) is 6.07 Å². The predicted molar refractivity (Wildman–Crippen MR) is 235 cm³/mol. The first-order valence-corrected chi connectivity index (χ1v) is 22.8. The quantitative estimate of drug-likeness (QED) is 0.118. The number of rotatable bonds is 7. The number of halogens is 1. The Morgan fingerprint density at radius 3 is 2.09 bits per heavy atom. The van der Waals surface area contributed by atoms with E-state index in [-0.39, 0.29) is 31.3 Å². The van der Waals surface area contributed by atoms with E-state index in [4.69, 9.17) is 9.40 Å². The van der Waals surface area contributed by atoms with Gasteiger partial charge in [0.2, 0.25) is 0 Å². The van der Waals surface area contributed by atoms with E-state index in [0.29, 0.717) is 5.56 Å². The van der Waals surface area contributed by atoms with Crippen molar-refractivity contribution in [2.45, 2.75) is 67.1 Å². The number of fused-ring (bicyclic) bond motifs is 3. The molecule has 1 radical (unpaired) electrons. The molecule has 0 saturated carbocycles. The van der Waals surface area contributed by atoms with Crippen LogP contribution in [0.5, 0.6) is 0 Å². The predicted octanol–water partition coefficient (Wildman–Crippen LogP) is 13.1. The first-order chi connectivity index (χ1) is 26.7. The molecule has 0 aliphatic carbocycles. The average molecular weight is 945 g/mol. The second kappa shape index (κ2) is 17.2. The Kier molecular flexibility index (Phi) is 12.6. The molecule has 0 saturated heterocycles. The second-order valence-corrected chi connectivity index (χ2v) is 22.1. The van der Waals surface area contributed by atoms with E-state index < -0.39 is 8.07 Å². The third-order valence-electron chi connectivity index (χ3n) is 10.1. The molecule has 291 valence electrons. The third-order valence-corrected chi connectivity index (χ3v) is 12.2. The summed E-state index contributed by atoms with van der Waals surface area (Å²) in [6, 6.07) is 45.2. The Labute approximate surface area is 351 Å². The van der Waals surface area contributed by atoms with E-state index in [9.17, 15) is 4.39 Å². The Bertz CT molecular complexity index is 2650. The van der Waals surface area contributed by atoms with Gasteiger partial charge in [-0.3, -0.25) is 0 Å². The molecule has 3 aromatic heterocycles. The zero-order chi connectivity index (χ0) is 39.6. The van der Waals surface area contributed by atoms with Crippen molar-refractivity contribution in [2.75, 3.05) is 0 Å². The number of pyridine rings is 2. The molecule has 0 unspecified atom stereocenters. The van der Waals surface area contributed by atoms with Gasteiger partial charge >= 0.3 is 0 Å². The summed E-state index contributed by atoms with van der Waals surface area (Å²) in [5.41, 5.74) is 14.2. The summed E-state index contributed by atoms with van der Waals surface area (Å²) in [5, 5.41) is 3.56. The molecule has 0 atom stereocenters. The maximum absolute atomic E-state index is 13.2. The van der Waals surface area contributed by atoms with Gasteiger partial charge in [0, 0.05) is 43.7 Å². The normalized spacial score (nSPS) is 11.6. The molecule has 57 heavy (non-hydrogen) atoms. The van der Waals surface area contributed by atoms with Crippen molar-refractivity contribution in [1.82, 2.24) is 9.97 Å². The number of furan rings is 1. The second-order valence-electron chi connectivity index (χ2n) is 17.1. The Balaban J connectivity index is 0.000000244. The van der Waals surface area contributed by atoms with Crippen LogP contribution in [0.4, 0.5) is 4.39 Å². The summed E-state index contributed by atoms with van der Waals surface area (Å²) in [6.45, 7) is 17.9. The summed E-state index contributed by atoms with van der Waals surface area (Å²) >= 11 is 0. The summed E-state index contributed by atoms with van der Waals surface area (Å²) in [5.74, 6) is -0.252. The smallest absolute Gasteiger partial charge is 0.121 e. The molecular weight excluding hydrogens is 896 g/mol. The number of hydrogen-bond acceptors (Lipinski definition) is 3. The molecule has 3 heterocycles. The summed E-state index contributed by atoms with van der Waals surface area (Å²) in [6.07, 6.45) is 5.86. The van der Waals surface area contributed by atoms with E-state index in [1.165, 1.54) is 50.7 Å². The van der Waals surface area contributed by atoms with Crippen molar-refractivity contribution >= 4 is 35.2 Å². The van der Waals surface area contributed by atoms with Gasteiger partial charge in [0.15, 0.2) is 0 Å². The molecule has 8 aromatic rings. The van der Waals surface area contributed by atoms with Crippen LogP contribution in [0.15, 0.2) is 132 Å². The van der Waals surface area contributed by atoms with Gasteiger partial charge in [-0.15, -0.1) is 53.6 Å². The van der Waals surface area contributed by atoms with Crippen LogP contribution >= 0.6 is 0 Å². The Morgan fingerprint density at radius 2 is 1.37 bits per heavy atom. The van der Waals surface area contributed by atoms with Crippen molar-refractivity contribution in [3.05, 3.63) is 173 Å². The molecule has 0 aliphatic rings. The van der Waals surface area contributed by atoms with Crippen LogP contribution in [0.2, 0.25) is 19.6 Å². The van der Waals surface area contributed by atoms with Crippen LogP contribution in [-0.2, 0) is 32.9 Å². The van der Waals surface area contributed by atoms with E-state index >= 15 is 0 Å². The zero-order valence-electron chi connectivity index (χ0n) is 34.1. The Morgan fingerprint density at radius 1 is 0.667 bits per heavy atom. The minimum Gasteiger partial charge on any atom is -0.500 e. The number of nitrogens with zero attached hydrogens (tertiary/aromatic N) is 2. The van der Waals surface area contributed by atoms with Gasteiger partial charge in [-0.05, 0) is 82.6 Å². The molecule has 5 aromatic carbocycles. The minimum absolute atomic E-state index is 0. The zero-order valence-corrected chi connectivity index (χ0v) is 37.4. The SMILES string of the molecule is Cc1cc(-c2[c-]ccc(F)c2)ncc1[Si](C)(C)C.Cc1cnc(-c2[c-]cc3oc4cc(-c5cccc(Cc6ccccc6)c5)ccc4c3c2)cc1CC(C)(C)C.[Ir]. The molecule has 0 bridgehead atoms. The van der Waals surface area contributed by atoms with Crippen molar-refractivity contribution in [1.29, 1.82) is 0 Å². The van der Waals surface area contributed by atoms with Gasteiger partial charge in [0.05, 0.1) is 13.7 Å². The largest absolute Gasteiger partial charge is 0.500 e. The van der Waals surface area contributed by atoms with Gasteiger partial charge in [-0.1, -0.05) is 136 Å². The van der Waals surface area contributed by atoms with Gasteiger partial charge in [0.1, 0.15) is 5.58 Å². The van der Waals surface area contributed by atoms with Crippen LogP contribution in [0, 0.1) is 37.2 Å². The van der Waals surface area contributed by atoms with Crippen LogP contribution in [0.3, 0.4) is 0 Å². The summed E-state index contributed by atoms with van der Waals surface area (Å²) < 4.78 is 19.5. The van der Waals surface area contributed by atoms with Gasteiger partial charge in [0.25, 0.3) is 0 Å². The minimum atomic E-state index is -1.36. The average Bonchev–Trinajstić information content (AvgIpc) is 3.53. The standard InChI is InChI=1S/C36H32NO.C15H17FNSi.Ir/c1-24-23-37-33(20-30(24)22-36(2,3)4)29-14-16-34-32(19-29)31-15-13-28(21-35(31)38-34)27-12-8-11-26(18-27)17-25-9-6-5-7-10-25;1-11-8-14(12-6-5-7-13(16)9-12)17-10-15(11)18(2,3)4;/h5-13,15-16,18-21,23H,17,22H2,1-4H3;5,7-10H,1-4H3;/q2*-1;. The maximum Gasteiger partial charge on any atom is 0.121 e.